The molecule has 6 nitrogen and oxygen atoms in total. The van der Waals surface area contributed by atoms with E-state index < -0.39 is 0 Å². The van der Waals surface area contributed by atoms with Gasteiger partial charge >= 0.3 is 0 Å². The number of hydrogen-bond donors (Lipinski definition) is 1. The van der Waals surface area contributed by atoms with Crippen molar-refractivity contribution in [1.29, 1.82) is 0 Å². The monoisotopic (exact) mass is 277 g/mol. The third-order valence-corrected chi connectivity index (χ3v) is 2.91. The third-order valence-electron chi connectivity index (χ3n) is 2.91. The van der Waals surface area contributed by atoms with Crippen molar-refractivity contribution in [3.05, 3.63) is 30.1 Å². The smallest absolute Gasteiger partial charge is 0.203 e. The molecule has 0 unspecified atom stereocenters. The zero-order chi connectivity index (χ0) is 14.5. The Hall–Kier alpha value is -2.37. The number of aromatic nitrogens is 2. The number of hydrogen-bond acceptors (Lipinski definition) is 5. The van der Waals surface area contributed by atoms with Gasteiger partial charge in [-0.1, -0.05) is 0 Å². The molecule has 0 aliphatic rings. The normalized spacial score (nSPS) is 10.2. The standard InChI is InChI=1S/C14H19N3O3/c1-17-6-5-10(16-17)9-15-11-7-12(18-2)14(20-4)13(8-11)19-3/h5-8,15H,9H2,1-4H3. The molecule has 1 aromatic carbocycles. The van der Waals surface area contributed by atoms with Crippen LogP contribution in [0.15, 0.2) is 24.4 Å². The van der Waals surface area contributed by atoms with Crippen molar-refractivity contribution in [3.8, 4) is 17.2 Å². The summed E-state index contributed by atoms with van der Waals surface area (Å²) in [4.78, 5) is 0. The second-order valence-corrected chi connectivity index (χ2v) is 4.25. The van der Waals surface area contributed by atoms with Crippen molar-refractivity contribution in [3.63, 3.8) is 0 Å². The summed E-state index contributed by atoms with van der Waals surface area (Å²) < 4.78 is 17.7. The first kappa shape index (κ1) is 14.0. The highest BCUT2D eigenvalue weighted by molar-refractivity contribution is 5.62. The van der Waals surface area contributed by atoms with Crippen LogP contribution in [0.3, 0.4) is 0 Å². The highest BCUT2D eigenvalue weighted by Gasteiger charge is 2.13. The summed E-state index contributed by atoms with van der Waals surface area (Å²) in [5.41, 5.74) is 1.84. The molecule has 0 atom stereocenters. The number of benzene rings is 1. The lowest BCUT2D eigenvalue weighted by Gasteiger charge is -2.14. The van der Waals surface area contributed by atoms with E-state index in [2.05, 4.69) is 10.4 Å². The molecule has 0 radical (unpaired) electrons. The van der Waals surface area contributed by atoms with Gasteiger partial charge in [0.1, 0.15) is 0 Å². The molecule has 0 saturated carbocycles. The van der Waals surface area contributed by atoms with Crippen molar-refractivity contribution in [2.24, 2.45) is 7.05 Å². The second kappa shape index (κ2) is 6.18. The topological polar surface area (TPSA) is 57.5 Å². The van der Waals surface area contributed by atoms with Gasteiger partial charge in [0.2, 0.25) is 5.75 Å². The summed E-state index contributed by atoms with van der Waals surface area (Å²) in [6.45, 7) is 0.624. The van der Waals surface area contributed by atoms with E-state index in [1.165, 1.54) is 0 Å². The SMILES string of the molecule is COc1cc(NCc2ccn(C)n2)cc(OC)c1OC. The first-order valence-electron chi connectivity index (χ1n) is 6.20. The zero-order valence-corrected chi connectivity index (χ0v) is 12.1. The van der Waals surface area contributed by atoms with Gasteiger partial charge in [0, 0.05) is 31.1 Å². The molecule has 0 amide bonds. The number of ether oxygens (including phenoxy) is 3. The summed E-state index contributed by atoms with van der Waals surface area (Å²) in [6.07, 6.45) is 1.91. The van der Waals surface area contributed by atoms with Crippen molar-refractivity contribution >= 4 is 5.69 Å². The van der Waals surface area contributed by atoms with E-state index >= 15 is 0 Å². The van der Waals surface area contributed by atoms with Crippen LogP contribution in [0.25, 0.3) is 0 Å². The molecule has 6 heteroatoms. The van der Waals surface area contributed by atoms with E-state index in [4.69, 9.17) is 14.2 Å². The van der Waals surface area contributed by atoms with Gasteiger partial charge in [-0.15, -0.1) is 0 Å². The van der Waals surface area contributed by atoms with Gasteiger partial charge in [-0.05, 0) is 6.07 Å². The molecule has 1 aromatic heterocycles. The van der Waals surface area contributed by atoms with Gasteiger partial charge in [-0.2, -0.15) is 5.10 Å². The second-order valence-electron chi connectivity index (χ2n) is 4.25. The molecule has 108 valence electrons. The van der Waals surface area contributed by atoms with Crippen LogP contribution in [0.2, 0.25) is 0 Å². The Labute approximate surface area is 118 Å². The minimum absolute atomic E-state index is 0.582. The van der Waals surface area contributed by atoms with Crippen LogP contribution in [-0.2, 0) is 13.6 Å². The highest BCUT2D eigenvalue weighted by atomic mass is 16.5. The Balaban J connectivity index is 2.19. The molecule has 0 bridgehead atoms. The molecule has 2 rings (SSSR count). The fraction of sp³-hybridized carbons (Fsp3) is 0.357. The fourth-order valence-corrected chi connectivity index (χ4v) is 1.93. The van der Waals surface area contributed by atoms with Crippen LogP contribution >= 0.6 is 0 Å². The first-order valence-corrected chi connectivity index (χ1v) is 6.20. The number of methoxy groups -OCH3 is 3. The molecule has 0 saturated heterocycles. The van der Waals surface area contributed by atoms with Gasteiger partial charge in [0.05, 0.1) is 33.6 Å². The van der Waals surface area contributed by atoms with Gasteiger partial charge in [0.25, 0.3) is 0 Å². The molecule has 2 aromatic rings. The number of anilines is 1. The van der Waals surface area contributed by atoms with E-state index in [1.54, 1.807) is 26.0 Å². The number of nitrogens with zero attached hydrogens (tertiary/aromatic N) is 2. The number of rotatable bonds is 6. The Bertz CT molecular complexity index is 556. The van der Waals surface area contributed by atoms with E-state index in [0.29, 0.717) is 23.8 Å². The summed E-state index contributed by atoms with van der Waals surface area (Å²) in [7, 11) is 6.67. The molecule has 1 heterocycles. The van der Waals surface area contributed by atoms with E-state index in [1.807, 2.05) is 31.4 Å². The van der Waals surface area contributed by atoms with Crippen LogP contribution in [-0.4, -0.2) is 31.1 Å². The number of aryl methyl sites for hydroxylation is 1. The minimum atomic E-state index is 0.582. The zero-order valence-electron chi connectivity index (χ0n) is 12.1. The van der Waals surface area contributed by atoms with E-state index in [0.717, 1.165) is 11.4 Å². The van der Waals surface area contributed by atoms with Crippen LogP contribution in [0.5, 0.6) is 17.2 Å². The highest BCUT2D eigenvalue weighted by Crippen LogP contribution is 2.39. The first-order chi connectivity index (χ1) is 9.67. The lowest BCUT2D eigenvalue weighted by Crippen LogP contribution is -2.03. The Morgan fingerprint density at radius 3 is 2.20 bits per heavy atom. The molecular weight excluding hydrogens is 258 g/mol. The Kier molecular flexibility index (Phi) is 4.34. The van der Waals surface area contributed by atoms with Crippen LogP contribution in [0.4, 0.5) is 5.69 Å². The maximum atomic E-state index is 5.31. The summed E-state index contributed by atoms with van der Waals surface area (Å²) in [6, 6.07) is 5.69. The van der Waals surface area contributed by atoms with Crippen LogP contribution in [0, 0.1) is 0 Å². The van der Waals surface area contributed by atoms with E-state index in [-0.39, 0.29) is 0 Å². The third kappa shape index (κ3) is 2.96. The average molecular weight is 277 g/mol. The van der Waals surface area contributed by atoms with E-state index in [9.17, 15) is 0 Å². The van der Waals surface area contributed by atoms with Gasteiger partial charge < -0.3 is 19.5 Å². The van der Waals surface area contributed by atoms with Gasteiger partial charge in [0.15, 0.2) is 11.5 Å². The van der Waals surface area contributed by atoms with Crippen LogP contribution in [0.1, 0.15) is 5.69 Å². The molecule has 0 spiro atoms. The largest absolute Gasteiger partial charge is 0.493 e. The minimum Gasteiger partial charge on any atom is -0.493 e. The van der Waals surface area contributed by atoms with Crippen molar-refractivity contribution < 1.29 is 14.2 Å². The van der Waals surface area contributed by atoms with Gasteiger partial charge in [-0.3, -0.25) is 4.68 Å². The lowest BCUT2D eigenvalue weighted by atomic mass is 10.2. The van der Waals surface area contributed by atoms with Gasteiger partial charge in [-0.25, -0.2) is 0 Å². The predicted molar refractivity (Wildman–Crippen MR) is 76.6 cm³/mol. The van der Waals surface area contributed by atoms with Crippen molar-refractivity contribution in [2.45, 2.75) is 6.54 Å². The Morgan fingerprint density at radius 2 is 1.75 bits per heavy atom. The van der Waals surface area contributed by atoms with Crippen molar-refractivity contribution in [1.82, 2.24) is 9.78 Å². The fourth-order valence-electron chi connectivity index (χ4n) is 1.93. The summed E-state index contributed by atoms with van der Waals surface area (Å²) >= 11 is 0. The van der Waals surface area contributed by atoms with Crippen LogP contribution < -0.4 is 19.5 Å². The molecule has 0 aliphatic carbocycles. The summed E-state index contributed by atoms with van der Waals surface area (Å²) in [5, 5.41) is 7.60. The number of nitrogens with one attached hydrogen (secondary N) is 1. The molecule has 0 aliphatic heterocycles. The average Bonchev–Trinajstić information content (AvgIpc) is 2.89. The molecule has 0 fully saturated rings. The molecular formula is C14H19N3O3. The van der Waals surface area contributed by atoms with Crippen molar-refractivity contribution in [2.75, 3.05) is 26.6 Å². The molecule has 20 heavy (non-hydrogen) atoms. The summed E-state index contributed by atoms with van der Waals surface area (Å²) in [5.74, 6) is 1.82. The maximum absolute atomic E-state index is 5.31. The quantitative estimate of drug-likeness (QED) is 0.876. The predicted octanol–water partition coefficient (Wildman–Crippen LogP) is 2.06. The maximum Gasteiger partial charge on any atom is 0.203 e. The Morgan fingerprint density at radius 1 is 1.10 bits per heavy atom. The molecule has 1 N–H and O–H groups in total. The lowest BCUT2D eigenvalue weighted by molar-refractivity contribution is 0.324.